The van der Waals surface area contributed by atoms with Crippen LogP contribution in [0, 0.1) is 13.8 Å². The fourth-order valence-electron chi connectivity index (χ4n) is 3.25. The molecule has 4 heteroatoms. The van der Waals surface area contributed by atoms with Gasteiger partial charge in [0.25, 0.3) is 0 Å². The van der Waals surface area contributed by atoms with E-state index in [1.54, 1.807) is 0 Å². The van der Waals surface area contributed by atoms with Crippen LogP contribution < -0.4 is 5.32 Å². The maximum atomic E-state index is 12.7. The van der Waals surface area contributed by atoms with Crippen LogP contribution in [-0.2, 0) is 11.3 Å². The highest BCUT2D eigenvalue weighted by Crippen LogP contribution is 2.27. The van der Waals surface area contributed by atoms with E-state index >= 15 is 0 Å². The summed E-state index contributed by atoms with van der Waals surface area (Å²) in [4.78, 5) is 17.5. The van der Waals surface area contributed by atoms with Gasteiger partial charge in [-0.05, 0) is 43.7 Å². The first-order valence-corrected chi connectivity index (χ1v) is 8.99. The molecule has 27 heavy (non-hydrogen) atoms. The van der Waals surface area contributed by atoms with Gasteiger partial charge in [-0.15, -0.1) is 0 Å². The Bertz CT molecular complexity index is 1110. The van der Waals surface area contributed by atoms with Crippen molar-refractivity contribution in [3.8, 4) is 11.4 Å². The van der Waals surface area contributed by atoms with E-state index in [9.17, 15) is 4.79 Å². The van der Waals surface area contributed by atoms with E-state index in [0.29, 0.717) is 0 Å². The molecule has 0 spiro atoms. The molecule has 0 fully saturated rings. The van der Waals surface area contributed by atoms with Crippen LogP contribution in [0.25, 0.3) is 22.4 Å². The largest absolute Gasteiger partial charge is 0.325 e. The van der Waals surface area contributed by atoms with Crippen LogP contribution in [0.1, 0.15) is 11.1 Å². The molecule has 0 aliphatic rings. The minimum Gasteiger partial charge on any atom is -0.325 e. The lowest BCUT2D eigenvalue weighted by Crippen LogP contribution is -2.19. The van der Waals surface area contributed by atoms with Gasteiger partial charge in [-0.3, -0.25) is 4.79 Å². The Morgan fingerprint density at radius 3 is 2.41 bits per heavy atom. The number of amides is 1. The van der Waals surface area contributed by atoms with Crippen LogP contribution in [-0.4, -0.2) is 15.5 Å². The van der Waals surface area contributed by atoms with Gasteiger partial charge in [-0.2, -0.15) is 0 Å². The van der Waals surface area contributed by atoms with Crippen molar-refractivity contribution in [2.45, 2.75) is 20.4 Å². The highest BCUT2D eigenvalue weighted by Gasteiger charge is 2.16. The lowest BCUT2D eigenvalue weighted by Gasteiger charge is -2.11. The number of rotatable bonds is 4. The van der Waals surface area contributed by atoms with E-state index < -0.39 is 0 Å². The number of nitrogens with one attached hydrogen (secondary N) is 1. The SMILES string of the molecule is Cc1ccc(NC(=O)Cn2c(-c3ccccc3C)nc3ccccc32)cc1. The lowest BCUT2D eigenvalue weighted by atomic mass is 10.1. The van der Waals surface area contributed by atoms with Crippen molar-refractivity contribution in [1.29, 1.82) is 0 Å². The van der Waals surface area contributed by atoms with Crippen LogP contribution in [0.4, 0.5) is 5.69 Å². The number of aromatic nitrogens is 2. The molecule has 1 heterocycles. The number of para-hydroxylation sites is 2. The average Bonchev–Trinajstić information content (AvgIpc) is 3.02. The van der Waals surface area contributed by atoms with Crippen LogP contribution >= 0.6 is 0 Å². The molecule has 4 rings (SSSR count). The molecule has 0 radical (unpaired) electrons. The number of nitrogens with zero attached hydrogens (tertiary/aromatic N) is 2. The second-order valence-corrected chi connectivity index (χ2v) is 6.74. The quantitative estimate of drug-likeness (QED) is 0.562. The number of fused-ring (bicyclic) bond motifs is 1. The van der Waals surface area contributed by atoms with Crippen molar-refractivity contribution in [1.82, 2.24) is 9.55 Å². The van der Waals surface area contributed by atoms with E-state index in [-0.39, 0.29) is 12.5 Å². The van der Waals surface area contributed by atoms with Gasteiger partial charge < -0.3 is 9.88 Å². The normalized spacial score (nSPS) is 10.9. The Labute approximate surface area is 158 Å². The lowest BCUT2D eigenvalue weighted by molar-refractivity contribution is -0.116. The average molecular weight is 355 g/mol. The predicted octanol–water partition coefficient (Wildman–Crippen LogP) is 4.96. The molecule has 0 atom stereocenters. The van der Waals surface area contributed by atoms with Gasteiger partial charge in [0.05, 0.1) is 11.0 Å². The summed E-state index contributed by atoms with van der Waals surface area (Å²) in [6.07, 6.45) is 0. The Morgan fingerprint density at radius 2 is 1.63 bits per heavy atom. The van der Waals surface area contributed by atoms with Gasteiger partial charge in [0.1, 0.15) is 12.4 Å². The van der Waals surface area contributed by atoms with Crippen LogP contribution in [0.2, 0.25) is 0 Å². The molecule has 4 nitrogen and oxygen atoms in total. The highest BCUT2D eigenvalue weighted by atomic mass is 16.1. The molecule has 0 aliphatic heterocycles. The third-order valence-corrected chi connectivity index (χ3v) is 4.68. The fraction of sp³-hybridized carbons (Fsp3) is 0.130. The van der Waals surface area contributed by atoms with Crippen LogP contribution in [0.15, 0.2) is 72.8 Å². The summed E-state index contributed by atoms with van der Waals surface area (Å²) in [6, 6.07) is 23.8. The van der Waals surface area contributed by atoms with Gasteiger partial charge in [-0.25, -0.2) is 4.98 Å². The molecule has 1 N–H and O–H groups in total. The minimum absolute atomic E-state index is 0.0724. The third-order valence-electron chi connectivity index (χ3n) is 4.68. The zero-order valence-electron chi connectivity index (χ0n) is 15.4. The summed E-state index contributed by atoms with van der Waals surface area (Å²) < 4.78 is 1.99. The summed E-state index contributed by atoms with van der Waals surface area (Å²) in [5.41, 5.74) is 5.97. The molecule has 0 aliphatic carbocycles. The first-order valence-electron chi connectivity index (χ1n) is 8.99. The van der Waals surface area contributed by atoms with Gasteiger partial charge in [0.15, 0.2) is 0 Å². The number of aryl methyl sites for hydroxylation is 2. The molecule has 1 amide bonds. The highest BCUT2D eigenvalue weighted by molar-refractivity contribution is 5.92. The molecular formula is C23H21N3O. The number of hydrogen-bond donors (Lipinski definition) is 1. The van der Waals surface area contributed by atoms with E-state index in [2.05, 4.69) is 18.3 Å². The predicted molar refractivity (Wildman–Crippen MR) is 110 cm³/mol. The summed E-state index contributed by atoms with van der Waals surface area (Å²) in [5, 5.41) is 2.98. The monoisotopic (exact) mass is 355 g/mol. The number of carbonyl (C=O) groups is 1. The summed E-state index contributed by atoms with van der Waals surface area (Å²) >= 11 is 0. The first-order chi connectivity index (χ1) is 13.1. The Kier molecular flexibility index (Phi) is 4.47. The standard InChI is InChI=1S/C23H21N3O/c1-16-11-13-18(14-12-16)24-22(27)15-26-21-10-6-5-9-20(21)25-23(26)19-8-4-3-7-17(19)2/h3-14H,15H2,1-2H3,(H,24,27). The topological polar surface area (TPSA) is 46.9 Å². The van der Waals surface area contributed by atoms with Gasteiger partial charge >= 0.3 is 0 Å². The summed E-state index contributed by atoms with van der Waals surface area (Å²) in [6.45, 7) is 4.29. The fourth-order valence-corrected chi connectivity index (χ4v) is 3.25. The van der Waals surface area contributed by atoms with Crippen molar-refractivity contribution in [2.24, 2.45) is 0 Å². The van der Waals surface area contributed by atoms with Crippen molar-refractivity contribution >= 4 is 22.6 Å². The van der Waals surface area contributed by atoms with E-state index in [1.807, 2.05) is 78.2 Å². The first kappa shape index (κ1) is 17.0. The molecule has 0 saturated heterocycles. The van der Waals surface area contributed by atoms with Crippen molar-refractivity contribution in [3.05, 3.63) is 83.9 Å². The maximum Gasteiger partial charge on any atom is 0.244 e. The zero-order valence-corrected chi connectivity index (χ0v) is 15.4. The number of imidazole rings is 1. The minimum atomic E-state index is -0.0724. The molecule has 0 unspecified atom stereocenters. The number of carbonyl (C=O) groups excluding carboxylic acids is 1. The van der Waals surface area contributed by atoms with E-state index in [4.69, 9.17) is 4.98 Å². The Hall–Kier alpha value is -3.40. The van der Waals surface area contributed by atoms with Gasteiger partial charge in [0.2, 0.25) is 5.91 Å². The third kappa shape index (κ3) is 3.47. The van der Waals surface area contributed by atoms with Crippen LogP contribution in [0.5, 0.6) is 0 Å². The Balaban J connectivity index is 1.72. The molecule has 134 valence electrons. The molecule has 0 bridgehead atoms. The second-order valence-electron chi connectivity index (χ2n) is 6.74. The van der Waals surface area contributed by atoms with E-state index in [1.165, 1.54) is 0 Å². The van der Waals surface area contributed by atoms with E-state index in [0.717, 1.165) is 39.2 Å². The van der Waals surface area contributed by atoms with Crippen molar-refractivity contribution in [3.63, 3.8) is 0 Å². The van der Waals surface area contributed by atoms with Crippen LogP contribution in [0.3, 0.4) is 0 Å². The molecule has 3 aromatic carbocycles. The Morgan fingerprint density at radius 1 is 0.926 bits per heavy atom. The van der Waals surface area contributed by atoms with Gasteiger partial charge in [-0.1, -0.05) is 54.1 Å². The second kappa shape index (κ2) is 7.08. The number of anilines is 1. The maximum absolute atomic E-state index is 12.7. The smallest absolute Gasteiger partial charge is 0.244 e. The zero-order chi connectivity index (χ0) is 18.8. The van der Waals surface area contributed by atoms with Crippen molar-refractivity contribution in [2.75, 3.05) is 5.32 Å². The summed E-state index contributed by atoms with van der Waals surface area (Å²) in [7, 11) is 0. The number of hydrogen-bond acceptors (Lipinski definition) is 2. The molecular weight excluding hydrogens is 334 g/mol. The summed E-state index contributed by atoms with van der Waals surface area (Å²) in [5.74, 6) is 0.741. The van der Waals surface area contributed by atoms with Gasteiger partial charge in [0, 0.05) is 11.3 Å². The van der Waals surface area contributed by atoms with Crippen molar-refractivity contribution < 1.29 is 4.79 Å². The molecule has 1 aromatic heterocycles. The molecule has 4 aromatic rings. The number of benzene rings is 3. The molecule has 0 saturated carbocycles.